The number of carbonyl (C=O) groups excluding carboxylic acids is 2. The van der Waals surface area contributed by atoms with Gasteiger partial charge in [0.05, 0.1) is 16.6 Å². The average molecular weight is 425 g/mol. The summed E-state index contributed by atoms with van der Waals surface area (Å²) in [6, 6.07) is 7.96. The number of benzene rings is 1. The van der Waals surface area contributed by atoms with E-state index in [-0.39, 0.29) is 18.3 Å². The van der Waals surface area contributed by atoms with E-state index < -0.39 is 5.97 Å². The molecule has 4 rings (SSSR count). The lowest BCUT2D eigenvalue weighted by Gasteiger charge is -2.36. The van der Waals surface area contributed by atoms with Crippen LogP contribution in [0.5, 0.6) is 0 Å². The number of esters is 1. The van der Waals surface area contributed by atoms with Crippen molar-refractivity contribution < 1.29 is 18.7 Å². The highest BCUT2D eigenvalue weighted by Crippen LogP contribution is 2.22. The third kappa shape index (κ3) is 4.21. The molecular formula is C22H24FN5O3. The molecule has 8 nitrogen and oxygen atoms in total. The molecule has 1 saturated heterocycles. The first-order chi connectivity index (χ1) is 14.8. The maximum Gasteiger partial charge on any atom is 0.339 e. The fourth-order valence-corrected chi connectivity index (χ4v) is 3.89. The Kier molecular flexibility index (Phi) is 5.58. The molecule has 3 aromatic rings. The molecule has 0 atom stereocenters. The van der Waals surface area contributed by atoms with E-state index in [2.05, 4.69) is 15.0 Å². The minimum Gasteiger partial charge on any atom is -0.452 e. The van der Waals surface area contributed by atoms with Crippen LogP contribution in [0.2, 0.25) is 0 Å². The van der Waals surface area contributed by atoms with Gasteiger partial charge in [0.1, 0.15) is 5.82 Å². The number of halogens is 1. The van der Waals surface area contributed by atoms with Crippen molar-refractivity contribution in [2.45, 2.75) is 13.8 Å². The van der Waals surface area contributed by atoms with E-state index in [9.17, 15) is 14.0 Å². The van der Waals surface area contributed by atoms with E-state index in [1.54, 1.807) is 41.8 Å². The van der Waals surface area contributed by atoms with Crippen LogP contribution in [-0.2, 0) is 16.6 Å². The number of rotatable bonds is 4. The van der Waals surface area contributed by atoms with Crippen molar-refractivity contribution in [2.24, 2.45) is 7.05 Å². The molecule has 0 bridgehead atoms. The summed E-state index contributed by atoms with van der Waals surface area (Å²) in [7, 11) is 1.77. The monoisotopic (exact) mass is 425 g/mol. The predicted octanol–water partition coefficient (Wildman–Crippen LogP) is 2.23. The minimum absolute atomic E-state index is 0.239. The van der Waals surface area contributed by atoms with E-state index in [1.165, 1.54) is 12.1 Å². The van der Waals surface area contributed by atoms with Crippen molar-refractivity contribution in [3.63, 3.8) is 0 Å². The Morgan fingerprint density at radius 2 is 1.77 bits per heavy atom. The maximum absolute atomic E-state index is 13.1. The highest BCUT2D eigenvalue weighted by atomic mass is 19.1. The Hall–Kier alpha value is -3.49. The number of piperazine rings is 1. The van der Waals surface area contributed by atoms with Gasteiger partial charge in [0.2, 0.25) is 0 Å². The number of hydrogen-bond acceptors (Lipinski definition) is 6. The van der Waals surface area contributed by atoms with E-state index in [0.717, 1.165) is 5.69 Å². The van der Waals surface area contributed by atoms with Crippen LogP contribution in [0.25, 0.3) is 11.0 Å². The number of amides is 1. The molecule has 2 aromatic heterocycles. The van der Waals surface area contributed by atoms with Gasteiger partial charge in [-0.1, -0.05) is 0 Å². The van der Waals surface area contributed by atoms with Gasteiger partial charge in [-0.05, 0) is 44.2 Å². The van der Waals surface area contributed by atoms with Gasteiger partial charge >= 0.3 is 5.97 Å². The molecule has 0 N–H and O–H groups in total. The third-order valence-corrected chi connectivity index (χ3v) is 5.47. The van der Waals surface area contributed by atoms with Crippen molar-refractivity contribution in [3.8, 4) is 0 Å². The first-order valence-corrected chi connectivity index (χ1v) is 10.1. The van der Waals surface area contributed by atoms with Crippen molar-refractivity contribution in [1.82, 2.24) is 19.7 Å². The minimum atomic E-state index is -0.565. The molecule has 1 aromatic carbocycles. The molecule has 0 saturated carbocycles. The fraction of sp³-hybridized carbons (Fsp3) is 0.364. The second-order valence-corrected chi connectivity index (χ2v) is 7.64. The molecule has 0 radical (unpaired) electrons. The van der Waals surface area contributed by atoms with E-state index in [0.29, 0.717) is 54.2 Å². The predicted molar refractivity (Wildman–Crippen MR) is 113 cm³/mol. The van der Waals surface area contributed by atoms with Crippen LogP contribution >= 0.6 is 0 Å². The lowest BCUT2D eigenvalue weighted by atomic mass is 10.1. The van der Waals surface area contributed by atoms with E-state index in [1.807, 2.05) is 6.92 Å². The van der Waals surface area contributed by atoms with Crippen LogP contribution in [0.4, 0.5) is 10.1 Å². The second kappa shape index (κ2) is 8.33. The lowest BCUT2D eigenvalue weighted by Crippen LogP contribution is -2.49. The molecule has 1 fully saturated rings. The number of fused-ring (bicyclic) bond motifs is 1. The maximum atomic E-state index is 13.1. The largest absolute Gasteiger partial charge is 0.452 e. The number of aromatic nitrogens is 3. The summed E-state index contributed by atoms with van der Waals surface area (Å²) < 4.78 is 20.1. The molecule has 162 valence electrons. The van der Waals surface area contributed by atoms with Gasteiger partial charge < -0.3 is 14.5 Å². The summed E-state index contributed by atoms with van der Waals surface area (Å²) >= 11 is 0. The molecule has 1 aliphatic heterocycles. The Morgan fingerprint density at radius 1 is 1.10 bits per heavy atom. The van der Waals surface area contributed by atoms with Crippen molar-refractivity contribution in [1.29, 1.82) is 0 Å². The van der Waals surface area contributed by atoms with Crippen LogP contribution in [0, 0.1) is 19.7 Å². The van der Waals surface area contributed by atoms with Gasteiger partial charge in [-0.2, -0.15) is 5.10 Å². The number of aryl methyl sites for hydroxylation is 3. The van der Waals surface area contributed by atoms with Crippen molar-refractivity contribution in [2.75, 3.05) is 37.7 Å². The smallest absolute Gasteiger partial charge is 0.339 e. The van der Waals surface area contributed by atoms with Gasteiger partial charge in [-0.3, -0.25) is 9.48 Å². The summed E-state index contributed by atoms with van der Waals surface area (Å²) in [5.41, 5.74) is 3.24. The van der Waals surface area contributed by atoms with Crippen LogP contribution < -0.4 is 4.90 Å². The van der Waals surface area contributed by atoms with Crippen molar-refractivity contribution in [3.05, 3.63) is 53.1 Å². The quantitative estimate of drug-likeness (QED) is 0.597. The number of anilines is 1. The van der Waals surface area contributed by atoms with Gasteiger partial charge in [-0.25, -0.2) is 14.2 Å². The zero-order chi connectivity index (χ0) is 22.1. The fourth-order valence-electron chi connectivity index (χ4n) is 3.89. The first-order valence-electron chi connectivity index (χ1n) is 10.1. The number of ether oxygens (including phenoxy) is 1. The number of pyridine rings is 1. The zero-order valence-corrected chi connectivity index (χ0v) is 17.8. The molecule has 31 heavy (non-hydrogen) atoms. The Bertz CT molecular complexity index is 1130. The van der Waals surface area contributed by atoms with Crippen LogP contribution in [0.3, 0.4) is 0 Å². The van der Waals surface area contributed by atoms with E-state index >= 15 is 0 Å². The SMILES string of the molecule is Cc1cc(C(=O)OCC(=O)N2CCN(c3ccc(F)cc3)CC2)c2c(C)nn(C)c2n1. The van der Waals surface area contributed by atoms with Gasteiger partial charge in [0, 0.05) is 44.6 Å². The molecule has 1 amide bonds. The Balaban J connectivity index is 1.37. The first kappa shape index (κ1) is 20.8. The standard InChI is InChI=1S/C22H24FN5O3/c1-14-12-18(20-15(2)25-26(3)21(20)24-14)22(30)31-13-19(29)28-10-8-27(9-11-28)17-6-4-16(23)5-7-17/h4-7,12H,8-11,13H2,1-3H3. The molecule has 9 heteroatoms. The summed E-state index contributed by atoms with van der Waals surface area (Å²) in [5, 5.41) is 4.96. The third-order valence-electron chi connectivity index (χ3n) is 5.47. The summed E-state index contributed by atoms with van der Waals surface area (Å²) in [4.78, 5) is 33.5. The van der Waals surface area contributed by atoms with Crippen LogP contribution in [0.1, 0.15) is 21.7 Å². The van der Waals surface area contributed by atoms with Gasteiger partial charge in [-0.15, -0.1) is 0 Å². The number of hydrogen-bond donors (Lipinski definition) is 0. The zero-order valence-electron chi connectivity index (χ0n) is 17.8. The molecule has 0 spiro atoms. The van der Waals surface area contributed by atoms with Crippen LogP contribution in [-0.4, -0.2) is 64.3 Å². The van der Waals surface area contributed by atoms with Crippen molar-refractivity contribution >= 4 is 28.6 Å². The second-order valence-electron chi connectivity index (χ2n) is 7.64. The summed E-state index contributed by atoms with van der Waals surface area (Å²) in [6.07, 6.45) is 0. The normalized spacial score (nSPS) is 14.2. The highest BCUT2D eigenvalue weighted by Gasteiger charge is 2.24. The summed E-state index contributed by atoms with van der Waals surface area (Å²) in [5.74, 6) is -1.08. The lowest BCUT2D eigenvalue weighted by molar-refractivity contribution is -0.134. The Morgan fingerprint density at radius 3 is 2.45 bits per heavy atom. The van der Waals surface area contributed by atoms with E-state index in [4.69, 9.17) is 4.74 Å². The van der Waals surface area contributed by atoms with Crippen LogP contribution in [0.15, 0.2) is 30.3 Å². The van der Waals surface area contributed by atoms with Gasteiger partial charge in [0.25, 0.3) is 5.91 Å². The summed E-state index contributed by atoms with van der Waals surface area (Å²) in [6.45, 7) is 5.56. The molecule has 3 heterocycles. The average Bonchev–Trinajstić information content (AvgIpc) is 3.05. The number of nitrogens with zero attached hydrogens (tertiary/aromatic N) is 5. The molecule has 0 aliphatic carbocycles. The highest BCUT2D eigenvalue weighted by molar-refractivity contribution is 6.04. The topological polar surface area (TPSA) is 80.6 Å². The number of carbonyl (C=O) groups is 2. The molecule has 1 aliphatic rings. The Labute approximate surface area is 179 Å². The van der Waals surface area contributed by atoms with Gasteiger partial charge in [0.15, 0.2) is 12.3 Å². The molecule has 0 unspecified atom stereocenters. The molecular weight excluding hydrogens is 401 g/mol.